The van der Waals surface area contributed by atoms with E-state index in [9.17, 15) is 15.1 Å². The van der Waals surface area contributed by atoms with Crippen LogP contribution in [0, 0.1) is 5.21 Å². The fourth-order valence-electron chi connectivity index (χ4n) is 2.46. The van der Waals surface area contributed by atoms with Crippen molar-refractivity contribution in [3.8, 4) is 0 Å². The van der Waals surface area contributed by atoms with E-state index in [1.807, 2.05) is 12.1 Å². The molecule has 3 rings (SSSR count). The maximum Gasteiger partial charge on any atom is 0.271 e. The maximum absolute atomic E-state index is 12.9. The van der Waals surface area contributed by atoms with E-state index in [0.717, 1.165) is 0 Å². The van der Waals surface area contributed by atoms with Gasteiger partial charge in [0.1, 0.15) is 0 Å². The molecule has 1 aromatic heterocycles. The third-order valence-corrected chi connectivity index (χ3v) is 3.62. The van der Waals surface area contributed by atoms with Crippen molar-refractivity contribution >= 4 is 17.3 Å². The van der Waals surface area contributed by atoms with E-state index in [0.29, 0.717) is 16.1 Å². The lowest BCUT2D eigenvalue weighted by atomic mass is 10.1. The summed E-state index contributed by atoms with van der Waals surface area (Å²) in [5.74, 6) is -0.594. The molecule has 1 unspecified atom stereocenters. The van der Waals surface area contributed by atoms with Gasteiger partial charge in [0.2, 0.25) is 11.8 Å². The average molecular weight is 320 g/mol. The van der Waals surface area contributed by atoms with E-state index in [1.165, 1.54) is 17.2 Å². The molecule has 0 aliphatic carbocycles. The Balaban J connectivity index is 2.03. The van der Waals surface area contributed by atoms with Crippen LogP contribution in [0.15, 0.2) is 85.1 Å². The molecule has 1 N–H and O–H groups in total. The molecule has 5 heteroatoms. The first-order chi connectivity index (χ1) is 11.7. The number of aromatic nitrogens is 1. The van der Waals surface area contributed by atoms with Gasteiger partial charge in [0.25, 0.3) is 5.91 Å². The molecule has 24 heavy (non-hydrogen) atoms. The summed E-state index contributed by atoms with van der Waals surface area (Å²) >= 11 is 0. The van der Waals surface area contributed by atoms with Gasteiger partial charge in [0.15, 0.2) is 6.20 Å². The normalized spacial score (nSPS) is 11.7. The largest absolute Gasteiger partial charge is 0.618 e. The van der Waals surface area contributed by atoms with Crippen LogP contribution in [0.1, 0.15) is 11.8 Å². The predicted molar refractivity (Wildman–Crippen MR) is 90.4 cm³/mol. The molecular weight excluding hydrogens is 304 g/mol. The molecule has 0 spiro atoms. The molecule has 1 heterocycles. The number of rotatable bonds is 4. The second kappa shape index (κ2) is 6.93. The highest BCUT2D eigenvalue weighted by Crippen LogP contribution is 2.28. The minimum Gasteiger partial charge on any atom is -0.618 e. The molecule has 0 radical (unpaired) electrons. The SMILES string of the molecule is O=C(C(O)c1cccc[n+]1[O-])N(c1ccccc1)c1ccccc1. The molecule has 0 fully saturated rings. The van der Waals surface area contributed by atoms with E-state index in [1.54, 1.807) is 60.7 Å². The standard InChI is InChI=1S/C19H16N2O3/c22-18(17-13-7-8-14-20(17)24)19(23)21(15-9-3-1-4-10-15)16-11-5-2-6-12-16/h1-14,18,22H. The zero-order valence-electron chi connectivity index (χ0n) is 12.8. The molecule has 3 aromatic rings. The minimum atomic E-state index is -1.57. The third kappa shape index (κ3) is 3.11. The highest BCUT2D eigenvalue weighted by atomic mass is 16.5. The van der Waals surface area contributed by atoms with Gasteiger partial charge >= 0.3 is 0 Å². The molecule has 1 atom stereocenters. The maximum atomic E-state index is 12.9. The topological polar surface area (TPSA) is 67.5 Å². The first-order valence-corrected chi connectivity index (χ1v) is 7.48. The number of aliphatic hydroxyl groups is 1. The van der Waals surface area contributed by atoms with Crippen LogP contribution in [0.25, 0.3) is 0 Å². The van der Waals surface area contributed by atoms with Crippen LogP contribution in [0.5, 0.6) is 0 Å². The number of para-hydroxylation sites is 2. The number of hydrogen-bond donors (Lipinski definition) is 1. The number of carbonyl (C=O) groups is 1. The second-order valence-corrected chi connectivity index (χ2v) is 5.20. The first-order valence-electron chi connectivity index (χ1n) is 7.48. The van der Waals surface area contributed by atoms with Crippen molar-refractivity contribution in [1.82, 2.24) is 0 Å². The van der Waals surface area contributed by atoms with Crippen molar-refractivity contribution in [3.05, 3.63) is 96.0 Å². The lowest BCUT2D eigenvalue weighted by Crippen LogP contribution is -2.39. The predicted octanol–water partition coefficient (Wildman–Crippen LogP) is 2.72. The molecule has 1 amide bonds. The summed E-state index contributed by atoms with van der Waals surface area (Å²) in [6.45, 7) is 0. The van der Waals surface area contributed by atoms with Gasteiger partial charge < -0.3 is 10.3 Å². The zero-order chi connectivity index (χ0) is 16.9. The van der Waals surface area contributed by atoms with Gasteiger partial charge in [-0.3, -0.25) is 9.69 Å². The van der Waals surface area contributed by atoms with Crippen LogP contribution in [0.2, 0.25) is 0 Å². The van der Waals surface area contributed by atoms with E-state index >= 15 is 0 Å². The molecule has 120 valence electrons. The number of benzene rings is 2. The average Bonchev–Trinajstić information content (AvgIpc) is 2.63. The Hall–Kier alpha value is -3.18. The number of carbonyl (C=O) groups excluding carboxylic acids is 1. The monoisotopic (exact) mass is 320 g/mol. The van der Waals surface area contributed by atoms with Crippen molar-refractivity contribution < 1.29 is 14.6 Å². The van der Waals surface area contributed by atoms with Gasteiger partial charge in [-0.15, -0.1) is 0 Å². The van der Waals surface area contributed by atoms with E-state index in [4.69, 9.17) is 0 Å². The Morgan fingerprint density at radius 2 is 1.38 bits per heavy atom. The Bertz CT molecular complexity index is 783. The number of nitrogens with zero attached hydrogens (tertiary/aromatic N) is 2. The Morgan fingerprint density at radius 3 is 1.88 bits per heavy atom. The van der Waals surface area contributed by atoms with Crippen molar-refractivity contribution in [1.29, 1.82) is 0 Å². The Kier molecular flexibility index (Phi) is 4.54. The van der Waals surface area contributed by atoms with Crippen molar-refractivity contribution in [2.24, 2.45) is 0 Å². The van der Waals surface area contributed by atoms with E-state index in [2.05, 4.69) is 0 Å². The number of anilines is 2. The molecule has 5 nitrogen and oxygen atoms in total. The molecule has 0 bridgehead atoms. The van der Waals surface area contributed by atoms with Crippen LogP contribution in [0.4, 0.5) is 11.4 Å². The molecule has 0 saturated carbocycles. The van der Waals surface area contributed by atoms with Crippen molar-refractivity contribution in [3.63, 3.8) is 0 Å². The van der Waals surface area contributed by atoms with Crippen LogP contribution in [-0.2, 0) is 4.79 Å². The molecule has 2 aromatic carbocycles. The molecular formula is C19H16N2O3. The highest BCUT2D eigenvalue weighted by molar-refractivity contribution is 6.03. The molecule has 0 aliphatic rings. The third-order valence-electron chi connectivity index (χ3n) is 3.62. The summed E-state index contributed by atoms with van der Waals surface area (Å²) in [5, 5.41) is 22.3. The van der Waals surface area contributed by atoms with Gasteiger partial charge in [-0.05, 0) is 30.3 Å². The molecule has 0 aliphatic heterocycles. The van der Waals surface area contributed by atoms with Crippen LogP contribution in [-0.4, -0.2) is 11.0 Å². The lowest BCUT2D eigenvalue weighted by Gasteiger charge is -2.25. The zero-order valence-corrected chi connectivity index (χ0v) is 12.8. The minimum absolute atomic E-state index is 0.0145. The summed E-state index contributed by atoms with van der Waals surface area (Å²) in [6, 6.07) is 22.6. The summed E-state index contributed by atoms with van der Waals surface area (Å²) in [7, 11) is 0. The summed E-state index contributed by atoms with van der Waals surface area (Å²) < 4.78 is 0.497. The van der Waals surface area contributed by atoms with Crippen LogP contribution >= 0.6 is 0 Å². The fourth-order valence-corrected chi connectivity index (χ4v) is 2.46. The van der Waals surface area contributed by atoms with Gasteiger partial charge in [-0.2, -0.15) is 4.73 Å². The number of amides is 1. The summed E-state index contributed by atoms with van der Waals surface area (Å²) in [4.78, 5) is 14.3. The van der Waals surface area contributed by atoms with Gasteiger partial charge in [-0.1, -0.05) is 36.4 Å². The van der Waals surface area contributed by atoms with Gasteiger partial charge in [-0.25, -0.2) is 0 Å². The summed E-state index contributed by atoms with van der Waals surface area (Å²) in [5.41, 5.74) is 1.21. The quantitative estimate of drug-likeness (QED) is 0.594. The summed E-state index contributed by atoms with van der Waals surface area (Å²) in [6.07, 6.45) is -0.314. The van der Waals surface area contributed by atoms with E-state index < -0.39 is 12.0 Å². The lowest BCUT2D eigenvalue weighted by molar-refractivity contribution is -0.617. The molecule has 0 saturated heterocycles. The number of hydrogen-bond acceptors (Lipinski definition) is 3. The fraction of sp³-hybridized carbons (Fsp3) is 0.0526. The second-order valence-electron chi connectivity index (χ2n) is 5.20. The van der Waals surface area contributed by atoms with Gasteiger partial charge in [0, 0.05) is 23.5 Å². The highest BCUT2D eigenvalue weighted by Gasteiger charge is 2.31. The van der Waals surface area contributed by atoms with E-state index in [-0.39, 0.29) is 5.69 Å². The van der Waals surface area contributed by atoms with Crippen molar-refractivity contribution in [2.75, 3.05) is 4.90 Å². The Labute approximate surface area is 139 Å². The van der Waals surface area contributed by atoms with Crippen molar-refractivity contribution in [2.45, 2.75) is 6.10 Å². The van der Waals surface area contributed by atoms with Crippen LogP contribution in [0.3, 0.4) is 0 Å². The van der Waals surface area contributed by atoms with Gasteiger partial charge in [0.05, 0.1) is 0 Å². The Morgan fingerprint density at radius 1 is 0.875 bits per heavy atom. The number of aliphatic hydroxyl groups excluding tert-OH is 1. The first kappa shape index (κ1) is 15.7. The van der Waals surface area contributed by atoms with Crippen LogP contribution < -0.4 is 9.63 Å². The number of pyridine rings is 1. The smallest absolute Gasteiger partial charge is 0.271 e.